The molecule has 4 rings (SSSR count). The second kappa shape index (κ2) is 9.59. The Bertz CT molecular complexity index is 1340. The van der Waals surface area contributed by atoms with Gasteiger partial charge in [0.15, 0.2) is 5.78 Å². The van der Waals surface area contributed by atoms with Crippen molar-refractivity contribution in [3.63, 3.8) is 0 Å². The van der Waals surface area contributed by atoms with Crippen molar-refractivity contribution in [1.82, 2.24) is 9.29 Å². The lowest BCUT2D eigenvalue weighted by molar-refractivity contribution is 0.0925. The fraction of sp³-hybridized carbons (Fsp3) is 0.360. The summed E-state index contributed by atoms with van der Waals surface area (Å²) >= 11 is 0. The number of sulfonamides is 1. The summed E-state index contributed by atoms with van der Waals surface area (Å²) in [5, 5.41) is 0.858. The fourth-order valence-corrected chi connectivity index (χ4v) is 5.61. The number of hydrogen-bond donors (Lipinski definition) is 1. The molecule has 1 N–H and O–H groups in total. The monoisotopic (exact) mass is 468 g/mol. The molecule has 0 saturated carbocycles. The quantitative estimate of drug-likeness (QED) is 0.509. The van der Waals surface area contributed by atoms with Crippen LogP contribution >= 0.6 is 0 Å². The van der Waals surface area contributed by atoms with Crippen LogP contribution in [0.1, 0.15) is 48.2 Å². The molecule has 1 unspecified atom stereocenters. The molecule has 174 valence electrons. The van der Waals surface area contributed by atoms with Gasteiger partial charge in [0.25, 0.3) is 5.56 Å². The van der Waals surface area contributed by atoms with Crippen LogP contribution in [-0.2, 0) is 27.7 Å². The smallest absolute Gasteiger partial charge is 0.252 e. The number of nitrogens with zero attached hydrogens (tertiary/aromatic N) is 1. The molecule has 1 fully saturated rings. The number of aromatic amines is 1. The van der Waals surface area contributed by atoms with Gasteiger partial charge < -0.3 is 9.72 Å². The van der Waals surface area contributed by atoms with Crippen LogP contribution in [0, 0.1) is 0 Å². The molecule has 33 heavy (non-hydrogen) atoms. The van der Waals surface area contributed by atoms with Gasteiger partial charge in [-0.25, -0.2) is 8.42 Å². The number of fused-ring (bicyclic) bond motifs is 1. The molecule has 1 aromatic heterocycles. The van der Waals surface area contributed by atoms with E-state index in [0.717, 1.165) is 30.2 Å². The minimum atomic E-state index is -3.98. The first-order valence-electron chi connectivity index (χ1n) is 11.2. The van der Waals surface area contributed by atoms with Crippen molar-refractivity contribution in [1.29, 1.82) is 0 Å². The Balaban J connectivity index is 1.74. The molecular weight excluding hydrogens is 440 g/mol. The summed E-state index contributed by atoms with van der Waals surface area (Å²) in [4.78, 5) is 27.5. The summed E-state index contributed by atoms with van der Waals surface area (Å²) < 4.78 is 34.2. The van der Waals surface area contributed by atoms with E-state index in [9.17, 15) is 18.0 Å². The van der Waals surface area contributed by atoms with Gasteiger partial charge in [-0.15, -0.1) is 0 Å². The van der Waals surface area contributed by atoms with Crippen molar-refractivity contribution in [2.75, 3.05) is 13.2 Å². The van der Waals surface area contributed by atoms with Gasteiger partial charge in [-0.2, -0.15) is 4.31 Å². The molecule has 1 aliphatic rings. The normalized spacial score (nSPS) is 16.5. The van der Waals surface area contributed by atoms with Gasteiger partial charge in [0.05, 0.1) is 11.0 Å². The lowest BCUT2D eigenvalue weighted by Gasteiger charge is -2.25. The summed E-state index contributed by atoms with van der Waals surface area (Å²) in [5.41, 5.74) is 2.20. The molecule has 7 nitrogen and oxygen atoms in total. The summed E-state index contributed by atoms with van der Waals surface area (Å²) in [5.74, 6) is -0.213. The van der Waals surface area contributed by atoms with Crippen molar-refractivity contribution >= 4 is 26.7 Å². The SMILES string of the molecule is CCc1ccc2[nH]c(=O)c(CN(CC3CCCO3)S(=O)(=O)c3cccc(C(C)=O)c3)cc2c1. The predicted molar refractivity (Wildman–Crippen MR) is 127 cm³/mol. The van der Waals surface area contributed by atoms with E-state index in [-0.39, 0.29) is 35.4 Å². The Hall–Kier alpha value is -2.81. The van der Waals surface area contributed by atoms with E-state index < -0.39 is 10.0 Å². The highest BCUT2D eigenvalue weighted by atomic mass is 32.2. The summed E-state index contributed by atoms with van der Waals surface area (Å²) in [6.07, 6.45) is 2.25. The van der Waals surface area contributed by atoms with Crippen molar-refractivity contribution < 1.29 is 17.9 Å². The fourth-order valence-electron chi connectivity index (χ4n) is 4.12. The van der Waals surface area contributed by atoms with Gasteiger partial charge in [-0.3, -0.25) is 9.59 Å². The number of hydrogen-bond acceptors (Lipinski definition) is 5. The maximum absolute atomic E-state index is 13.6. The Morgan fingerprint density at radius 2 is 2.00 bits per heavy atom. The number of ketones is 1. The van der Waals surface area contributed by atoms with E-state index in [1.807, 2.05) is 18.2 Å². The summed E-state index contributed by atoms with van der Waals surface area (Å²) in [7, 11) is -3.98. The highest BCUT2D eigenvalue weighted by Crippen LogP contribution is 2.24. The van der Waals surface area contributed by atoms with E-state index in [1.165, 1.54) is 23.4 Å². The number of nitrogens with one attached hydrogen (secondary N) is 1. The van der Waals surface area contributed by atoms with Gasteiger partial charge in [-0.1, -0.05) is 25.1 Å². The second-order valence-electron chi connectivity index (χ2n) is 8.42. The van der Waals surface area contributed by atoms with Gasteiger partial charge in [0.2, 0.25) is 10.0 Å². The van der Waals surface area contributed by atoms with Gasteiger partial charge in [-0.05, 0) is 67.5 Å². The number of aryl methyl sites for hydroxylation is 1. The predicted octanol–water partition coefficient (Wildman–Crippen LogP) is 3.66. The number of H-pyrrole nitrogens is 1. The first-order valence-corrected chi connectivity index (χ1v) is 12.6. The molecule has 0 bridgehead atoms. The van der Waals surface area contributed by atoms with Crippen LogP contribution in [0.15, 0.2) is 58.2 Å². The molecule has 0 aliphatic carbocycles. The average molecular weight is 469 g/mol. The maximum Gasteiger partial charge on any atom is 0.252 e. The molecule has 0 radical (unpaired) electrons. The first kappa shape index (κ1) is 23.4. The number of aromatic nitrogens is 1. The summed E-state index contributed by atoms with van der Waals surface area (Å²) in [6.45, 7) is 4.09. The van der Waals surface area contributed by atoms with Crippen LogP contribution in [0.25, 0.3) is 10.9 Å². The Morgan fingerprint density at radius 3 is 2.70 bits per heavy atom. The van der Waals surface area contributed by atoms with E-state index in [4.69, 9.17) is 4.74 Å². The Labute approximate surface area is 193 Å². The molecule has 0 amide bonds. The van der Waals surface area contributed by atoms with Crippen LogP contribution in [0.5, 0.6) is 0 Å². The molecular formula is C25H28N2O5S. The Morgan fingerprint density at radius 1 is 1.18 bits per heavy atom. The number of benzene rings is 2. The molecule has 2 aromatic carbocycles. The van der Waals surface area contributed by atoms with E-state index in [0.29, 0.717) is 23.3 Å². The van der Waals surface area contributed by atoms with Crippen molar-refractivity contribution in [2.45, 2.75) is 50.7 Å². The molecule has 0 spiro atoms. The molecule has 1 saturated heterocycles. The van der Waals surface area contributed by atoms with E-state index in [2.05, 4.69) is 11.9 Å². The average Bonchev–Trinajstić information content (AvgIpc) is 3.32. The first-order chi connectivity index (χ1) is 15.8. The minimum Gasteiger partial charge on any atom is -0.377 e. The van der Waals surface area contributed by atoms with Gasteiger partial charge in [0, 0.05) is 36.3 Å². The van der Waals surface area contributed by atoms with Crippen molar-refractivity contribution in [3.05, 3.63) is 75.6 Å². The zero-order valence-electron chi connectivity index (χ0n) is 18.8. The third-order valence-corrected chi connectivity index (χ3v) is 7.86. The number of carbonyl (C=O) groups is 1. The van der Waals surface area contributed by atoms with Crippen molar-refractivity contribution in [2.24, 2.45) is 0 Å². The zero-order chi connectivity index (χ0) is 23.6. The number of ether oxygens (including phenoxy) is 1. The number of pyridine rings is 1. The third-order valence-electron chi connectivity index (χ3n) is 6.05. The van der Waals surface area contributed by atoms with Gasteiger partial charge >= 0.3 is 0 Å². The van der Waals surface area contributed by atoms with Gasteiger partial charge in [0.1, 0.15) is 0 Å². The number of rotatable bonds is 8. The largest absolute Gasteiger partial charge is 0.377 e. The maximum atomic E-state index is 13.6. The topological polar surface area (TPSA) is 96.5 Å². The second-order valence-corrected chi connectivity index (χ2v) is 10.4. The lowest BCUT2D eigenvalue weighted by atomic mass is 10.1. The van der Waals surface area contributed by atoms with Crippen LogP contribution in [0.3, 0.4) is 0 Å². The van der Waals surface area contributed by atoms with Crippen LogP contribution in [0.4, 0.5) is 0 Å². The number of Topliss-reactive ketones (excluding diaryl/α,β-unsaturated/α-hetero) is 1. The zero-order valence-corrected chi connectivity index (χ0v) is 19.7. The minimum absolute atomic E-state index is 0.0266. The molecule has 8 heteroatoms. The lowest BCUT2D eigenvalue weighted by Crippen LogP contribution is -2.38. The molecule has 1 aliphatic heterocycles. The Kier molecular flexibility index (Phi) is 6.78. The van der Waals surface area contributed by atoms with Crippen LogP contribution in [-0.4, -0.2) is 42.7 Å². The van der Waals surface area contributed by atoms with E-state index >= 15 is 0 Å². The standard InChI is InChI=1S/C25H28N2O5S/c1-3-18-9-10-24-20(12-18)13-21(25(29)26-24)15-27(16-22-7-5-11-32-22)33(30,31)23-8-4-6-19(14-23)17(2)28/h4,6,8-10,12-14,22H,3,5,7,11,15-16H2,1-2H3,(H,26,29). The number of carbonyl (C=O) groups excluding carboxylic acids is 1. The van der Waals surface area contributed by atoms with E-state index in [1.54, 1.807) is 18.2 Å². The van der Waals surface area contributed by atoms with Crippen LogP contribution in [0.2, 0.25) is 0 Å². The molecule has 1 atom stereocenters. The highest BCUT2D eigenvalue weighted by Gasteiger charge is 2.30. The molecule has 2 heterocycles. The third kappa shape index (κ3) is 5.08. The van der Waals surface area contributed by atoms with Crippen LogP contribution < -0.4 is 5.56 Å². The van der Waals surface area contributed by atoms with Crippen molar-refractivity contribution in [3.8, 4) is 0 Å². The highest BCUT2D eigenvalue weighted by molar-refractivity contribution is 7.89. The summed E-state index contributed by atoms with van der Waals surface area (Å²) in [6, 6.07) is 13.6. The molecule has 3 aromatic rings.